The molecule has 30 valence electrons. The van der Waals surface area contributed by atoms with Crippen LogP contribution in [-0.2, 0) is 0 Å². The van der Waals surface area contributed by atoms with E-state index in [0.29, 0.717) is 0 Å². The van der Waals surface area contributed by atoms with Crippen LogP contribution in [0.15, 0.2) is 4.99 Å². The Morgan fingerprint density at radius 3 is 2.17 bits per heavy atom. The third kappa shape index (κ3) is 9.08. The summed E-state index contributed by atoms with van der Waals surface area (Å²) in [5.41, 5.74) is 0. The predicted molar refractivity (Wildman–Crippen MR) is 23.6 cm³/mol. The first-order valence-corrected chi connectivity index (χ1v) is 1.73. The molecule has 0 rings (SSSR count). The molecule has 0 saturated carbocycles. The largest absolute Gasteiger partial charge is 1.00 e. The van der Waals surface area contributed by atoms with Crippen LogP contribution in [0.25, 0.3) is 0 Å². The van der Waals surface area contributed by atoms with Crippen molar-refractivity contribution in [1.29, 1.82) is 0 Å². The van der Waals surface area contributed by atoms with E-state index in [1.807, 2.05) is 6.92 Å². The fourth-order valence-corrected chi connectivity index (χ4v) is 0.158. The zero-order valence-electron chi connectivity index (χ0n) is 4.65. The average molecular weight is 156 g/mol. The van der Waals surface area contributed by atoms with Crippen LogP contribution in [0.2, 0.25) is 0 Å². The maximum atomic E-state index is 3.60. The smallest absolute Gasteiger partial charge is 0.506 e. The molecule has 0 aromatic carbocycles. The van der Waals surface area contributed by atoms with Gasteiger partial charge in [0.05, 0.1) is 0 Å². The van der Waals surface area contributed by atoms with E-state index in [1.54, 1.807) is 7.05 Å². The van der Waals surface area contributed by atoms with Gasteiger partial charge in [0.25, 0.3) is 0 Å². The average Bonchev–Trinajstić information content (AvgIpc) is 1.41. The van der Waals surface area contributed by atoms with Gasteiger partial charge in [-0.3, -0.25) is 0 Å². The van der Waals surface area contributed by atoms with E-state index in [-0.39, 0.29) is 58.2 Å². The van der Waals surface area contributed by atoms with Gasteiger partial charge in [-0.2, -0.15) is 6.42 Å². The Kier molecular flexibility index (Phi) is 16.9. The van der Waals surface area contributed by atoms with Crippen molar-refractivity contribution in [2.45, 2.75) is 13.3 Å². The Balaban J connectivity index is 0. The monoisotopic (exact) mass is 155 g/mol. The van der Waals surface area contributed by atoms with Crippen LogP contribution in [0.4, 0.5) is 0 Å². The molecule has 0 fully saturated rings. The van der Waals surface area contributed by atoms with Gasteiger partial charge in [-0.05, 0) is 7.05 Å². The van der Waals surface area contributed by atoms with Crippen molar-refractivity contribution in [3.8, 4) is 0 Å². The van der Waals surface area contributed by atoms with Crippen LogP contribution >= 0.6 is 0 Å². The van der Waals surface area contributed by atoms with Crippen molar-refractivity contribution in [3.63, 3.8) is 0 Å². The third-order valence-electron chi connectivity index (χ3n) is 0.316. The Labute approximate surface area is 88.0 Å². The minimum atomic E-state index is 0. The Morgan fingerprint density at radius 2 is 2.17 bits per heavy atom. The SMILES string of the molecule is CC[C-]=NC.[Rb+]. The fourth-order valence-electron chi connectivity index (χ4n) is 0.158. The van der Waals surface area contributed by atoms with Gasteiger partial charge in [0.15, 0.2) is 0 Å². The molecule has 1 nitrogen and oxygen atoms in total. The third-order valence-corrected chi connectivity index (χ3v) is 0.316. The molecule has 0 spiro atoms. The zero-order chi connectivity index (χ0) is 4.12. The summed E-state index contributed by atoms with van der Waals surface area (Å²) in [6.45, 7) is 2.01. The molecule has 0 atom stereocenters. The van der Waals surface area contributed by atoms with E-state index >= 15 is 0 Å². The molecule has 0 bridgehead atoms. The molecule has 0 radical (unpaired) electrons. The summed E-state index contributed by atoms with van der Waals surface area (Å²) in [4.78, 5) is 3.60. The second-order valence-corrected chi connectivity index (χ2v) is 0.735. The van der Waals surface area contributed by atoms with Gasteiger partial charge in [-0.25, -0.2) is 0 Å². The van der Waals surface area contributed by atoms with E-state index in [9.17, 15) is 0 Å². The molecular weight excluding hydrogens is 148 g/mol. The molecule has 0 aromatic rings. The van der Waals surface area contributed by atoms with Crippen LogP contribution in [0.3, 0.4) is 0 Å². The topological polar surface area (TPSA) is 12.4 Å². The second-order valence-electron chi connectivity index (χ2n) is 0.735. The van der Waals surface area contributed by atoms with Gasteiger partial charge in [0.2, 0.25) is 0 Å². The van der Waals surface area contributed by atoms with Crippen LogP contribution in [0.5, 0.6) is 0 Å². The van der Waals surface area contributed by atoms with Crippen molar-refractivity contribution < 1.29 is 58.2 Å². The van der Waals surface area contributed by atoms with E-state index in [0.717, 1.165) is 6.42 Å². The molecule has 2 heteroatoms. The van der Waals surface area contributed by atoms with Crippen molar-refractivity contribution in [2.24, 2.45) is 4.99 Å². The number of aliphatic imine (C=N–C) groups is 1. The Hall–Kier alpha value is 1.48. The molecule has 0 heterocycles. The van der Waals surface area contributed by atoms with Crippen LogP contribution in [-0.4, -0.2) is 13.3 Å². The second kappa shape index (κ2) is 9.69. The van der Waals surface area contributed by atoms with Gasteiger partial charge in [-0.15, -0.1) is 0 Å². The molecule has 0 N–H and O–H groups in total. The molecular formula is C4H8NRb. The number of hydrogen-bond acceptors (Lipinski definition) is 1. The summed E-state index contributed by atoms with van der Waals surface area (Å²) in [5, 5.41) is 0. The first-order valence-electron chi connectivity index (χ1n) is 1.73. The number of rotatable bonds is 1. The summed E-state index contributed by atoms with van der Waals surface area (Å²) < 4.78 is 0. The van der Waals surface area contributed by atoms with E-state index in [1.165, 1.54) is 0 Å². The normalized spacial score (nSPS) is 8.33. The van der Waals surface area contributed by atoms with E-state index in [2.05, 4.69) is 11.2 Å². The molecule has 0 aliphatic carbocycles. The number of hydrogen-bond donors (Lipinski definition) is 0. The Bertz CT molecular complexity index is 34.5. The van der Waals surface area contributed by atoms with Crippen molar-refractivity contribution in [1.82, 2.24) is 0 Å². The molecule has 0 saturated heterocycles. The van der Waals surface area contributed by atoms with Crippen LogP contribution in [0.1, 0.15) is 13.3 Å². The first-order chi connectivity index (χ1) is 2.41. The van der Waals surface area contributed by atoms with Crippen LogP contribution < -0.4 is 58.2 Å². The zero-order valence-corrected chi connectivity index (χ0v) is 9.57. The Morgan fingerprint density at radius 1 is 1.67 bits per heavy atom. The van der Waals surface area contributed by atoms with Gasteiger partial charge in [-0.1, -0.05) is 6.92 Å². The van der Waals surface area contributed by atoms with Crippen molar-refractivity contribution in [3.05, 3.63) is 0 Å². The summed E-state index contributed by atoms with van der Waals surface area (Å²) >= 11 is 0. The predicted octanol–water partition coefficient (Wildman–Crippen LogP) is -2.02. The molecule has 0 amide bonds. The molecule has 0 unspecified atom stereocenters. The fraction of sp³-hybridized carbons (Fsp3) is 0.750. The number of nitrogens with zero attached hydrogens (tertiary/aromatic N) is 1. The van der Waals surface area contributed by atoms with Gasteiger partial charge >= 0.3 is 58.2 Å². The molecule has 0 aliphatic rings. The summed E-state index contributed by atoms with van der Waals surface area (Å²) in [6.07, 6.45) is 3.66. The van der Waals surface area contributed by atoms with Gasteiger partial charge < -0.3 is 11.2 Å². The van der Waals surface area contributed by atoms with Crippen molar-refractivity contribution >= 4 is 6.21 Å². The van der Waals surface area contributed by atoms with E-state index in [4.69, 9.17) is 0 Å². The maximum Gasteiger partial charge on any atom is 1.00 e. The van der Waals surface area contributed by atoms with E-state index < -0.39 is 0 Å². The minimum Gasteiger partial charge on any atom is -0.506 e. The van der Waals surface area contributed by atoms with Crippen LogP contribution in [0, 0.1) is 0 Å². The first kappa shape index (κ1) is 10.5. The molecule has 0 aliphatic heterocycles. The van der Waals surface area contributed by atoms with Gasteiger partial charge in [0.1, 0.15) is 0 Å². The quantitative estimate of drug-likeness (QED) is 0.306. The van der Waals surface area contributed by atoms with Gasteiger partial charge in [0, 0.05) is 0 Å². The standard InChI is InChI=1S/C4H8N.Rb/c1-3-4-5-2;/h3H2,1-2H3;/q-1;+1. The summed E-state index contributed by atoms with van der Waals surface area (Å²) in [6, 6.07) is 0. The molecule has 6 heavy (non-hydrogen) atoms. The minimum absolute atomic E-state index is 0. The van der Waals surface area contributed by atoms with Crippen molar-refractivity contribution in [2.75, 3.05) is 7.05 Å². The maximum absolute atomic E-state index is 3.60. The summed E-state index contributed by atoms with van der Waals surface area (Å²) in [5.74, 6) is 0. The summed E-state index contributed by atoms with van der Waals surface area (Å²) in [7, 11) is 1.73. The molecule has 0 aromatic heterocycles.